The summed E-state index contributed by atoms with van der Waals surface area (Å²) >= 11 is 0. The Morgan fingerprint density at radius 3 is 2.53 bits per heavy atom. The molecule has 11 nitrogen and oxygen atoms in total. The zero-order valence-corrected chi connectivity index (χ0v) is 26.8. The van der Waals surface area contributed by atoms with Crippen molar-refractivity contribution in [1.82, 2.24) is 19.9 Å². The van der Waals surface area contributed by atoms with Crippen LogP contribution in [0.3, 0.4) is 0 Å². The number of likely N-dealkylation sites (N-methyl/N-ethyl adjacent to an activating group) is 2. The lowest BCUT2D eigenvalue weighted by Crippen LogP contribution is -2.35. The smallest absolute Gasteiger partial charge is 0.422 e. The second-order valence-electron chi connectivity index (χ2n) is 11.3. The Balaban J connectivity index is 1.94. The topological polar surface area (TPSA) is 114 Å². The first-order valence-corrected chi connectivity index (χ1v) is 14.6. The Kier molecular flexibility index (Phi) is 10.2. The van der Waals surface area contributed by atoms with Gasteiger partial charge in [-0.1, -0.05) is 30.9 Å². The molecule has 0 spiro atoms. The van der Waals surface area contributed by atoms with Gasteiger partial charge in [0.1, 0.15) is 11.4 Å². The standard InChI is InChI=1S/C34H41N7O4/c1-9-18-40-22-24(23-13-11-12-14-27(23)40)25-15-16-36-32(38-25)41(33(43)45-34(3,4)5)29-20-26(37-31(42)10-2)28(21-30(29)44-8)39(7)19-17-35-6/h9-16,20-22,35H,1-2,17-19H2,3-8H3,(H,37,42). The SMILES string of the molecule is C=CCn1cc(-c2ccnc(N(C(=O)OC(C)(C)C)c3cc(NC(=O)C=C)c(N(C)CCNC)cc3OC)n2)c2ccccc21. The van der Waals surface area contributed by atoms with Crippen LogP contribution < -0.4 is 25.2 Å². The third kappa shape index (κ3) is 7.50. The number of fused-ring (bicyclic) bond motifs is 1. The number of ether oxygens (including phenoxy) is 2. The predicted octanol–water partition coefficient (Wildman–Crippen LogP) is 6.15. The van der Waals surface area contributed by atoms with Crippen molar-refractivity contribution in [2.45, 2.75) is 32.9 Å². The quantitative estimate of drug-likeness (QED) is 0.145. The monoisotopic (exact) mass is 611 g/mol. The van der Waals surface area contributed by atoms with Gasteiger partial charge in [-0.15, -0.1) is 6.58 Å². The summed E-state index contributed by atoms with van der Waals surface area (Å²) in [6.07, 6.45) is 5.91. The van der Waals surface area contributed by atoms with Crippen molar-refractivity contribution >= 4 is 45.9 Å². The molecule has 0 aliphatic carbocycles. The van der Waals surface area contributed by atoms with Crippen molar-refractivity contribution in [2.75, 3.05) is 49.4 Å². The molecule has 0 saturated carbocycles. The maximum absolute atomic E-state index is 14.0. The number of carbonyl (C=O) groups is 2. The van der Waals surface area contributed by atoms with E-state index < -0.39 is 17.6 Å². The Bertz CT molecular complexity index is 1710. The molecule has 0 aliphatic rings. The molecular formula is C34H41N7O4. The summed E-state index contributed by atoms with van der Waals surface area (Å²) in [4.78, 5) is 39.1. The third-order valence-corrected chi connectivity index (χ3v) is 6.90. The lowest BCUT2D eigenvalue weighted by molar-refractivity contribution is -0.111. The van der Waals surface area contributed by atoms with Crippen LogP contribution in [0.2, 0.25) is 0 Å². The second-order valence-corrected chi connectivity index (χ2v) is 11.3. The number of amides is 2. The number of aromatic nitrogens is 3. The molecule has 45 heavy (non-hydrogen) atoms. The maximum Gasteiger partial charge on any atom is 0.422 e. The van der Waals surface area contributed by atoms with E-state index in [4.69, 9.17) is 14.5 Å². The van der Waals surface area contributed by atoms with Gasteiger partial charge in [-0.3, -0.25) is 4.79 Å². The summed E-state index contributed by atoms with van der Waals surface area (Å²) in [5, 5.41) is 6.99. The van der Waals surface area contributed by atoms with E-state index in [1.54, 1.807) is 45.2 Å². The first-order chi connectivity index (χ1) is 21.5. The van der Waals surface area contributed by atoms with Crippen molar-refractivity contribution in [2.24, 2.45) is 0 Å². The highest BCUT2D eigenvalue weighted by Gasteiger charge is 2.31. The van der Waals surface area contributed by atoms with Crippen molar-refractivity contribution in [3.8, 4) is 17.0 Å². The fourth-order valence-electron chi connectivity index (χ4n) is 4.84. The number of hydrogen-bond acceptors (Lipinski definition) is 8. The Hall–Kier alpha value is -5.16. The van der Waals surface area contributed by atoms with Crippen molar-refractivity contribution in [3.05, 3.63) is 80.2 Å². The number of rotatable bonds is 12. The minimum absolute atomic E-state index is 0.0675. The van der Waals surface area contributed by atoms with Gasteiger partial charge in [-0.25, -0.2) is 19.7 Å². The average molecular weight is 612 g/mol. The van der Waals surface area contributed by atoms with Crippen LogP contribution in [0.1, 0.15) is 20.8 Å². The van der Waals surface area contributed by atoms with E-state index >= 15 is 0 Å². The van der Waals surface area contributed by atoms with E-state index in [0.717, 1.165) is 16.5 Å². The van der Waals surface area contributed by atoms with Gasteiger partial charge in [0.2, 0.25) is 11.9 Å². The van der Waals surface area contributed by atoms with E-state index in [-0.39, 0.29) is 11.6 Å². The molecule has 2 amide bonds. The predicted molar refractivity (Wildman–Crippen MR) is 181 cm³/mol. The summed E-state index contributed by atoms with van der Waals surface area (Å²) in [5.41, 5.74) is 3.07. The van der Waals surface area contributed by atoms with Crippen LogP contribution in [0.15, 0.2) is 80.2 Å². The fraction of sp³-hybridized carbons (Fsp3) is 0.294. The van der Waals surface area contributed by atoms with Crippen molar-refractivity contribution in [3.63, 3.8) is 0 Å². The lowest BCUT2D eigenvalue weighted by Gasteiger charge is -2.29. The van der Waals surface area contributed by atoms with Gasteiger partial charge >= 0.3 is 6.09 Å². The summed E-state index contributed by atoms with van der Waals surface area (Å²) in [5.74, 6) is 0.00519. The van der Waals surface area contributed by atoms with E-state index in [1.165, 1.54) is 18.1 Å². The minimum atomic E-state index is -0.828. The molecule has 0 unspecified atom stereocenters. The Morgan fingerprint density at radius 2 is 1.87 bits per heavy atom. The molecule has 0 atom stereocenters. The molecule has 2 heterocycles. The van der Waals surface area contributed by atoms with Crippen LogP contribution >= 0.6 is 0 Å². The summed E-state index contributed by atoms with van der Waals surface area (Å²) in [6.45, 7) is 14.8. The molecule has 4 aromatic rings. The van der Waals surface area contributed by atoms with Gasteiger partial charge in [-0.2, -0.15) is 0 Å². The Morgan fingerprint density at radius 1 is 1.11 bits per heavy atom. The number of carbonyl (C=O) groups excluding carboxylic acids is 2. The molecule has 236 valence electrons. The number of anilines is 4. The second kappa shape index (κ2) is 14.1. The van der Waals surface area contributed by atoms with E-state index in [9.17, 15) is 9.59 Å². The molecule has 0 saturated heterocycles. The molecule has 4 rings (SSSR count). The van der Waals surface area contributed by atoms with Crippen LogP contribution in [0.25, 0.3) is 22.2 Å². The maximum atomic E-state index is 14.0. The first-order valence-electron chi connectivity index (χ1n) is 14.6. The van der Waals surface area contributed by atoms with Gasteiger partial charge in [0.25, 0.3) is 0 Å². The van der Waals surface area contributed by atoms with Crippen LogP contribution in [0, 0.1) is 0 Å². The summed E-state index contributed by atoms with van der Waals surface area (Å²) in [6, 6.07) is 13.2. The highest BCUT2D eigenvalue weighted by Crippen LogP contribution is 2.42. The van der Waals surface area contributed by atoms with E-state index in [1.807, 2.05) is 55.5 Å². The van der Waals surface area contributed by atoms with Gasteiger partial charge in [0, 0.05) is 61.6 Å². The molecule has 2 aromatic carbocycles. The highest BCUT2D eigenvalue weighted by atomic mass is 16.6. The number of nitrogens with one attached hydrogen (secondary N) is 2. The van der Waals surface area contributed by atoms with Gasteiger partial charge in [0.15, 0.2) is 0 Å². The molecule has 0 radical (unpaired) electrons. The zero-order chi connectivity index (χ0) is 32.7. The van der Waals surface area contributed by atoms with Crippen LogP contribution in [-0.4, -0.2) is 66.4 Å². The van der Waals surface area contributed by atoms with Crippen molar-refractivity contribution in [1.29, 1.82) is 0 Å². The van der Waals surface area contributed by atoms with Crippen molar-refractivity contribution < 1.29 is 19.1 Å². The molecular weight excluding hydrogens is 570 g/mol. The first kappa shape index (κ1) is 32.7. The number of benzene rings is 2. The third-order valence-electron chi connectivity index (χ3n) is 6.90. The molecule has 0 fully saturated rings. The zero-order valence-electron chi connectivity index (χ0n) is 26.8. The largest absolute Gasteiger partial charge is 0.494 e. The van der Waals surface area contributed by atoms with Gasteiger partial charge in [-0.05, 0) is 52.1 Å². The summed E-state index contributed by atoms with van der Waals surface area (Å²) < 4.78 is 13.8. The van der Waals surface area contributed by atoms with E-state index in [0.29, 0.717) is 42.5 Å². The fourth-order valence-corrected chi connectivity index (χ4v) is 4.84. The number of hydrogen-bond donors (Lipinski definition) is 2. The van der Waals surface area contributed by atoms with Gasteiger partial charge in [0.05, 0.1) is 29.9 Å². The van der Waals surface area contributed by atoms with Gasteiger partial charge < -0.3 is 29.6 Å². The number of methoxy groups -OCH3 is 1. The molecule has 2 N–H and O–H groups in total. The Labute approximate surface area is 264 Å². The summed E-state index contributed by atoms with van der Waals surface area (Å²) in [7, 11) is 5.27. The number of allylic oxidation sites excluding steroid dienone is 1. The normalized spacial score (nSPS) is 11.2. The molecule has 11 heteroatoms. The molecule has 0 bridgehead atoms. The van der Waals surface area contributed by atoms with E-state index in [2.05, 4.69) is 33.3 Å². The highest BCUT2D eigenvalue weighted by molar-refractivity contribution is 6.04. The minimum Gasteiger partial charge on any atom is -0.494 e. The lowest BCUT2D eigenvalue weighted by atomic mass is 10.1. The number of para-hydroxylation sites is 1. The molecule has 0 aliphatic heterocycles. The van der Waals surface area contributed by atoms with Crippen LogP contribution in [0.5, 0.6) is 5.75 Å². The molecule has 2 aromatic heterocycles. The van der Waals surface area contributed by atoms with Crippen LogP contribution in [0.4, 0.5) is 27.8 Å². The number of nitrogens with zero attached hydrogens (tertiary/aromatic N) is 5. The van der Waals surface area contributed by atoms with Crippen LogP contribution in [-0.2, 0) is 16.1 Å². The average Bonchev–Trinajstić information content (AvgIpc) is 3.38.